The number of rotatable bonds is 6. The molecule has 0 aromatic heterocycles. The van der Waals surface area contributed by atoms with Crippen molar-refractivity contribution in [2.24, 2.45) is 0 Å². The van der Waals surface area contributed by atoms with E-state index >= 15 is 0 Å². The summed E-state index contributed by atoms with van der Waals surface area (Å²) in [4.78, 5) is 26.8. The number of piperazine rings is 1. The van der Waals surface area contributed by atoms with Crippen LogP contribution in [0.1, 0.15) is 42.4 Å². The van der Waals surface area contributed by atoms with Crippen molar-refractivity contribution in [2.45, 2.75) is 58.2 Å². The molecule has 1 unspecified atom stereocenters. The molecular weight excluding hydrogens is 330 g/mol. The van der Waals surface area contributed by atoms with Crippen molar-refractivity contribution in [2.75, 3.05) is 20.2 Å². The average Bonchev–Trinajstić information content (AvgIpc) is 2.58. The highest BCUT2D eigenvalue weighted by Gasteiger charge is 2.32. The number of nitrogens with one attached hydrogen (secondary N) is 2. The van der Waals surface area contributed by atoms with Crippen molar-refractivity contribution in [1.29, 1.82) is 0 Å². The molecule has 2 fully saturated rings. The minimum absolute atomic E-state index is 0.0237. The second kappa shape index (κ2) is 8.08. The smallest absolute Gasteiger partial charge is 0.237 e. The second-order valence-corrected chi connectivity index (χ2v) is 7.35. The number of hydrogen-bond acceptors (Lipinski definition) is 4. The van der Waals surface area contributed by atoms with Gasteiger partial charge in [-0.2, -0.15) is 0 Å². The van der Waals surface area contributed by atoms with E-state index < -0.39 is 6.04 Å². The van der Waals surface area contributed by atoms with Crippen LogP contribution in [0.2, 0.25) is 0 Å². The molecule has 0 bridgehead atoms. The quantitative estimate of drug-likeness (QED) is 0.811. The van der Waals surface area contributed by atoms with Gasteiger partial charge in [-0.15, -0.1) is 0 Å². The zero-order chi connectivity index (χ0) is 18.7. The summed E-state index contributed by atoms with van der Waals surface area (Å²) in [6.45, 7) is 6.15. The number of carbonyl (C=O) groups is 2. The molecule has 1 aliphatic carbocycles. The lowest BCUT2D eigenvalue weighted by Crippen LogP contribution is -2.56. The van der Waals surface area contributed by atoms with E-state index in [0.717, 1.165) is 30.7 Å². The molecule has 3 rings (SSSR count). The lowest BCUT2D eigenvalue weighted by atomic mass is 9.93. The van der Waals surface area contributed by atoms with Crippen LogP contribution in [-0.2, 0) is 16.1 Å². The molecule has 2 aliphatic rings. The van der Waals surface area contributed by atoms with E-state index in [0.29, 0.717) is 19.1 Å². The van der Waals surface area contributed by atoms with Gasteiger partial charge in [-0.05, 0) is 55.9 Å². The molecular formula is C20H29N3O3. The standard InChI is InChI=1S/C20H29N3O3/c1-13-14(2)18(26-3)8-7-15(13)12-23-10-9-21-20(25)17(23)11-19(24)22-16-5-4-6-16/h7-8,16-17H,4-6,9-12H2,1-3H3,(H,21,25)(H,22,24). The Morgan fingerprint density at radius 3 is 2.73 bits per heavy atom. The molecule has 0 spiro atoms. The Bertz CT molecular complexity index is 685. The fourth-order valence-corrected chi connectivity index (χ4v) is 3.65. The first-order chi connectivity index (χ1) is 12.5. The summed E-state index contributed by atoms with van der Waals surface area (Å²) >= 11 is 0. The molecule has 26 heavy (non-hydrogen) atoms. The van der Waals surface area contributed by atoms with Gasteiger partial charge in [0.05, 0.1) is 19.6 Å². The van der Waals surface area contributed by atoms with Crippen LogP contribution in [0, 0.1) is 13.8 Å². The molecule has 1 saturated heterocycles. The first-order valence-electron chi connectivity index (χ1n) is 9.43. The third-order valence-electron chi connectivity index (χ3n) is 5.73. The van der Waals surface area contributed by atoms with Gasteiger partial charge in [-0.3, -0.25) is 14.5 Å². The summed E-state index contributed by atoms with van der Waals surface area (Å²) in [5, 5.41) is 5.94. The minimum atomic E-state index is -0.411. The number of hydrogen-bond donors (Lipinski definition) is 2. The van der Waals surface area contributed by atoms with E-state index in [1.807, 2.05) is 13.0 Å². The Hall–Kier alpha value is -2.08. The van der Waals surface area contributed by atoms with E-state index in [9.17, 15) is 9.59 Å². The summed E-state index contributed by atoms with van der Waals surface area (Å²) in [6, 6.07) is 3.92. The van der Waals surface area contributed by atoms with Gasteiger partial charge >= 0.3 is 0 Å². The van der Waals surface area contributed by atoms with Gasteiger partial charge in [0.1, 0.15) is 5.75 Å². The largest absolute Gasteiger partial charge is 0.496 e. The maximum Gasteiger partial charge on any atom is 0.237 e. The molecule has 0 radical (unpaired) electrons. The van der Waals surface area contributed by atoms with E-state index in [-0.39, 0.29) is 18.2 Å². The summed E-state index contributed by atoms with van der Waals surface area (Å²) in [5.41, 5.74) is 3.46. The monoisotopic (exact) mass is 359 g/mol. The van der Waals surface area contributed by atoms with Gasteiger partial charge in [0.2, 0.25) is 11.8 Å². The average molecular weight is 359 g/mol. The molecule has 1 aromatic carbocycles. The zero-order valence-corrected chi connectivity index (χ0v) is 15.9. The maximum absolute atomic E-state index is 12.4. The van der Waals surface area contributed by atoms with Crippen LogP contribution in [0.15, 0.2) is 12.1 Å². The first kappa shape index (κ1) is 18.7. The van der Waals surface area contributed by atoms with Gasteiger partial charge < -0.3 is 15.4 Å². The highest BCUT2D eigenvalue weighted by atomic mass is 16.5. The molecule has 6 nitrogen and oxygen atoms in total. The fraction of sp³-hybridized carbons (Fsp3) is 0.600. The second-order valence-electron chi connectivity index (χ2n) is 7.35. The van der Waals surface area contributed by atoms with E-state index in [1.165, 1.54) is 17.5 Å². The molecule has 1 heterocycles. The Kier molecular flexibility index (Phi) is 5.81. The zero-order valence-electron chi connectivity index (χ0n) is 15.9. The van der Waals surface area contributed by atoms with E-state index in [2.05, 4.69) is 28.5 Å². The molecule has 1 saturated carbocycles. The van der Waals surface area contributed by atoms with Crippen molar-refractivity contribution in [1.82, 2.24) is 15.5 Å². The molecule has 2 amide bonds. The number of amides is 2. The van der Waals surface area contributed by atoms with Crippen molar-refractivity contribution in [3.63, 3.8) is 0 Å². The topological polar surface area (TPSA) is 70.7 Å². The van der Waals surface area contributed by atoms with Crippen molar-refractivity contribution in [3.8, 4) is 5.75 Å². The number of ether oxygens (including phenoxy) is 1. The van der Waals surface area contributed by atoms with Crippen LogP contribution in [0.3, 0.4) is 0 Å². The lowest BCUT2D eigenvalue weighted by Gasteiger charge is -2.36. The van der Waals surface area contributed by atoms with Gasteiger partial charge in [0, 0.05) is 25.7 Å². The van der Waals surface area contributed by atoms with Gasteiger partial charge in [0.15, 0.2) is 0 Å². The van der Waals surface area contributed by atoms with E-state index in [4.69, 9.17) is 4.74 Å². The summed E-state index contributed by atoms with van der Waals surface area (Å²) in [7, 11) is 1.67. The van der Waals surface area contributed by atoms with Crippen LogP contribution in [0.5, 0.6) is 5.75 Å². The first-order valence-corrected chi connectivity index (χ1v) is 9.43. The lowest BCUT2D eigenvalue weighted by molar-refractivity contribution is -0.134. The Balaban J connectivity index is 1.70. The number of methoxy groups -OCH3 is 1. The van der Waals surface area contributed by atoms with Crippen LogP contribution >= 0.6 is 0 Å². The van der Waals surface area contributed by atoms with E-state index in [1.54, 1.807) is 7.11 Å². The summed E-state index contributed by atoms with van der Waals surface area (Å²) in [6.07, 6.45) is 3.50. The number of benzene rings is 1. The summed E-state index contributed by atoms with van der Waals surface area (Å²) < 4.78 is 5.38. The predicted octanol–water partition coefficient (Wildman–Crippen LogP) is 1.67. The molecule has 6 heteroatoms. The Morgan fingerprint density at radius 2 is 2.08 bits per heavy atom. The minimum Gasteiger partial charge on any atom is -0.496 e. The molecule has 2 N–H and O–H groups in total. The fourth-order valence-electron chi connectivity index (χ4n) is 3.65. The SMILES string of the molecule is COc1ccc(CN2CCNC(=O)C2CC(=O)NC2CCC2)c(C)c1C. The van der Waals surface area contributed by atoms with Gasteiger partial charge in [-0.25, -0.2) is 0 Å². The molecule has 1 aromatic rings. The van der Waals surface area contributed by atoms with Crippen LogP contribution in [-0.4, -0.2) is 49.0 Å². The normalized spacial score (nSPS) is 21.0. The predicted molar refractivity (Wildman–Crippen MR) is 100 cm³/mol. The highest BCUT2D eigenvalue weighted by Crippen LogP contribution is 2.26. The van der Waals surface area contributed by atoms with Crippen LogP contribution < -0.4 is 15.4 Å². The van der Waals surface area contributed by atoms with Gasteiger partial charge in [0.25, 0.3) is 0 Å². The number of carbonyl (C=O) groups excluding carboxylic acids is 2. The molecule has 1 atom stereocenters. The highest BCUT2D eigenvalue weighted by molar-refractivity contribution is 5.89. The van der Waals surface area contributed by atoms with Crippen molar-refractivity contribution >= 4 is 11.8 Å². The summed E-state index contributed by atoms with van der Waals surface area (Å²) in [5.74, 6) is 0.798. The third-order valence-corrected chi connectivity index (χ3v) is 5.73. The maximum atomic E-state index is 12.4. The molecule has 1 aliphatic heterocycles. The Morgan fingerprint density at radius 1 is 1.31 bits per heavy atom. The van der Waals surface area contributed by atoms with Crippen LogP contribution in [0.4, 0.5) is 0 Å². The van der Waals surface area contributed by atoms with Crippen LogP contribution in [0.25, 0.3) is 0 Å². The van der Waals surface area contributed by atoms with Crippen molar-refractivity contribution in [3.05, 3.63) is 28.8 Å². The third kappa shape index (κ3) is 4.01. The van der Waals surface area contributed by atoms with Crippen molar-refractivity contribution < 1.29 is 14.3 Å². The number of nitrogens with zero attached hydrogens (tertiary/aromatic N) is 1. The Labute approximate surface area is 155 Å². The van der Waals surface area contributed by atoms with Gasteiger partial charge in [-0.1, -0.05) is 6.07 Å². The molecule has 142 valence electrons.